The molecule has 3 nitrogen and oxygen atoms in total. The topological polar surface area (TPSA) is 21.7 Å². The van der Waals surface area contributed by atoms with Crippen LogP contribution in [0.5, 0.6) is 11.5 Å². The molecule has 0 saturated heterocycles. The molecule has 0 aliphatic carbocycles. The van der Waals surface area contributed by atoms with E-state index >= 15 is 0 Å². The van der Waals surface area contributed by atoms with Crippen LogP contribution < -0.4 is 9.47 Å². The molecule has 0 saturated carbocycles. The van der Waals surface area contributed by atoms with Crippen LogP contribution in [0.3, 0.4) is 0 Å². The van der Waals surface area contributed by atoms with Gasteiger partial charge in [0.2, 0.25) is 0 Å². The minimum Gasteiger partial charge on any atom is -0.496 e. The molecule has 0 atom stereocenters. The Labute approximate surface area is 152 Å². The third-order valence-corrected chi connectivity index (χ3v) is 4.44. The predicted molar refractivity (Wildman–Crippen MR) is 106 cm³/mol. The van der Waals surface area contributed by atoms with Crippen LogP contribution >= 0.6 is 0 Å². The molecule has 0 radical (unpaired) electrons. The van der Waals surface area contributed by atoms with Gasteiger partial charge in [-0.05, 0) is 55.6 Å². The molecule has 0 aliphatic heterocycles. The number of nitrogens with zero attached hydrogens (tertiary/aromatic N) is 1. The molecule has 25 heavy (non-hydrogen) atoms. The molecule has 0 aliphatic rings. The number of hydrogen-bond donors (Lipinski definition) is 0. The molecule has 0 unspecified atom stereocenters. The van der Waals surface area contributed by atoms with Crippen LogP contribution in [0.15, 0.2) is 42.5 Å². The monoisotopic (exact) mass is 341 g/mol. The summed E-state index contributed by atoms with van der Waals surface area (Å²) in [4.78, 5) is 2.55. The van der Waals surface area contributed by atoms with Crippen LogP contribution in [0, 0.1) is 0 Å². The van der Waals surface area contributed by atoms with Gasteiger partial charge in [-0.15, -0.1) is 0 Å². The lowest BCUT2D eigenvalue weighted by Crippen LogP contribution is -2.27. The first-order valence-electron chi connectivity index (χ1n) is 9.26. The van der Waals surface area contributed by atoms with Gasteiger partial charge in [-0.1, -0.05) is 44.2 Å². The summed E-state index contributed by atoms with van der Waals surface area (Å²) in [6.07, 6.45) is 3.47. The van der Waals surface area contributed by atoms with Gasteiger partial charge in [-0.3, -0.25) is 0 Å². The molecule has 0 fully saturated rings. The van der Waals surface area contributed by atoms with E-state index in [1.165, 1.54) is 31.5 Å². The first-order valence-corrected chi connectivity index (χ1v) is 9.26. The van der Waals surface area contributed by atoms with E-state index in [1.807, 2.05) is 18.2 Å². The van der Waals surface area contributed by atoms with Gasteiger partial charge in [0.15, 0.2) is 0 Å². The van der Waals surface area contributed by atoms with Gasteiger partial charge in [0.05, 0.1) is 19.8 Å². The highest BCUT2D eigenvalue weighted by Crippen LogP contribution is 2.38. The molecule has 3 heteroatoms. The fraction of sp³-hybridized carbons (Fsp3) is 0.455. The molecule has 2 aromatic rings. The van der Waals surface area contributed by atoms with Gasteiger partial charge >= 0.3 is 0 Å². The zero-order valence-corrected chi connectivity index (χ0v) is 16.0. The van der Waals surface area contributed by atoms with E-state index in [1.54, 1.807) is 14.2 Å². The summed E-state index contributed by atoms with van der Waals surface area (Å²) in [5, 5.41) is 0. The van der Waals surface area contributed by atoms with Gasteiger partial charge < -0.3 is 14.4 Å². The predicted octanol–water partition coefficient (Wildman–Crippen LogP) is 5.04. The van der Waals surface area contributed by atoms with Crippen LogP contribution in [0.4, 0.5) is 0 Å². The molecule has 0 heterocycles. The van der Waals surface area contributed by atoms with Crippen molar-refractivity contribution < 1.29 is 9.47 Å². The van der Waals surface area contributed by atoms with Crippen molar-refractivity contribution in [1.29, 1.82) is 0 Å². The van der Waals surface area contributed by atoms with Crippen LogP contribution in [-0.4, -0.2) is 38.8 Å². The Morgan fingerprint density at radius 1 is 0.800 bits per heavy atom. The highest BCUT2D eigenvalue weighted by Gasteiger charge is 2.13. The van der Waals surface area contributed by atoms with Crippen molar-refractivity contribution in [2.24, 2.45) is 0 Å². The summed E-state index contributed by atoms with van der Waals surface area (Å²) in [5.41, 5.74) is 3.51. The third-order valence-electron chi connectivity index (χ3n) is 4.44. The van der Waals surface area contributed by atoms with Crippen molar-refractivity contribution >= 4 is 0 Å². The molecule has 136 valence electrons. The van der Waals surface area contributed by atoms with E-state index in [0.717, 1.165) is 35.6 Å². The van der Waals surface area contributed by atoms with Crippen molar-refractivity contribution in [2.45, 2.75) is 33.1 Å². The van der Waals surface area contributed by atoms with Gasteiger partial charge in [-0.2, -0.15) is 0 Å². The Bertz CT molecular complexity index is 626. The Morgan fingerprint density at radius 2 is 1.40 bits per heavy atom. The summed E-state index contributed by atoms with van der Waals surface area (Å²) < 4.78 is 11.1. The summed E-state index contributed by atoms with van der Waals surface area (Å²) in [7, 11) is 3.41. The summed E-state index contributed by atoms with van der Waals surface area (Å²) in [6, 6.07) is 14.6. The first kappa shape index (κ1) is 19.3. The Balaban J connectivity index is 2.22. The fourth-order valence-electron chi connectivity index (χ4n) is 3.27. The maximum atomic E-state index is 5.56. The maximum Gasteiger partial charge on any atom is 0.130 e. The fourth-order valence-corrected chi connectivity index (χ4v) is 3.27. The minimum absolute atomic E-state index is 0.843. The number of ether oxygens (including phenoxy) is 2. The molecular weight excluding hydrogens is 310 g/mol. The second-order valence-corrected chi connectivity index (χ2v) is 6.33. The minimum atomic E-state index is 0.843. The van der Waals surface area contributed by atoms with Crippen molar-refractivity contribution in [2.75, 3.05) is 33.9 Å². The van der Waals surface area contributed by atoms with Crippen molar-refractivity contribution in [3.05, 3.63) is 48.0 Å². The van der Waals surface area contributed by atoms with Gasteiger partial charge in [0.1, 0.15) is 11.5 Å². The van der Waals surface area contributed by atoms with Gasteiger partial charge in [-0.25, -0.2) is 0 Å². The van der Waals surface area contributed by atoms with E-state index < -0.39 is 0 Å². The molecule has 0 aromatic heterocycles. The third kappa shape index (κ3) is 5.23. The van der Waals surface area contributed by atoms with E-state index in [2.05, 4.69) is 43.0 Å². The molecule has 0 amide bonds. The van der Waals surface area contributed by atoms with Crippen LogP contribution in [0.25, 0.3) is 11.1 Å². The Morgan fingerprint density at radius 3 is 1.96 bits per heavy atom. The zero-order chi connectivity index (χ0) is 18.1. The van der Waals surface area contributed by atoms with Crippen molar-refractivity contribution in [1.82, 2.24) is 4.90 Å². The zero-order valence-electron chi connectivity index (χ0n) is 16.0. The van der Waals surface area contributed by atoms with Crippen LogP contribution in [0.1, 0.15) is 32.3 Å². The number of hydrogen-bond acceptors (Lipinski definition) is 3. The second-order valence-electron chi connectivity index (χ2n) is 6.33. The van der Waals surface area contributed by atoms with E-state index in [-0.39, 0.29) is 0 Å². The Kier molecular flexibility index (Phi) is 7.80. The van der Waals surface area contributed by atoms with Crippen molar-refractivity contribution in [3.63, 3.8) is 0 Å². The van der Waals surface area contributed by atoms with Gasteiger partial charge in [0.25, 0.3) is 0 Å². The highest BCUT2D eigenvalue weighted by atomic mass is 16.5. The maximum absolute atomic E-state index is 5.56. The molecule has 2 aromatic carbocycles. The molecule has 0 bridgehead atoms. The van der Waals surface area contributed by atoms with Crippen LogP contribution in [0.2, 0.25) is 0 Å². The molecule has 2 rings (SSSR count). The lowest BCUT2D eigenvalue weighted by atomic mass is 10.00. The largest absolute Gasteiger partial charge is 0.496 e. The van der Waals surface area contributed by atoms with E-state index in [4.69, 9.17) is 9.47 Å². The highest BCUT2D eigenvalue weighted by molar-refractivity contribution is 5.77. The standard InChI is InChI=1S/C22H31NO2/c1-5-14-23(15-6-2)16-13-18-9-7-10-19(17-18)22-20(24-3)11-8-12-21(22)25-4/h7-12,17H,5-6,13-16H2,1-4H3. The average molecular weight is 341 g/mol. The van der Waals surface area contributed by atoms with E-state index in [9.17, 15) is 0 Å². The summed E-state index contributed by atoms with van der Waals surface area (Å²) in [5.74, 6) is 1.69. The lowest BCUT2D eigenvalue weighted by molar-refractivity contribution is 0.278. The second kappa shape index (κ2) is 10.1. The van der Waals surface area contributed by atoms with Crippen molar-refractivity contribution in [3.8, 4) is 22.6 Å². The van der Waals surface area contributed by atoms with E-state index in [0.29, 0.717) is 0 Å². The number of rotatable bonds is 10. The van der Waals surface area contributed by atoms with Gasteiger partial charge in [0, 0.05) is 6.54 Å². The normalized spacial score (nSPS) is 10.9. The number of benzene rings is 2. The smallest absolute Gasteiger partial charge is 0.130 e. The van der Waals surface area contributed by atoms with Crippen LogP contribution in [-0.2, 0) is 6.42 Å². The first-order chi connectivity index (χ1) is 12.2. The molecule has 0 N–H and O–H groups in total. The summed E-state index contributed by atoms with van der Waals surface area (Å²) >= 11 is 0. The quantitative estimate of drug-likeness (QED) is 0.604. The summed E-state index contributed by atoms with van der Waals surface area (Å²) in [6.45, 7) is 7.95. The SMILES string of the molecule is CCCN(CCC)CCc1cccc(-c2c(OC)cccc2OC)c1. The molecule has 0 spiro atoms. The lowest BCUT2D eigenvalue weighted by Gasteiger charge is -2.21. The Hall–Kier alpha value is -2.00. The average Bonchev–Trinajstić information content (AvgIpc) is 2.66. The number of methoxy groups -OCH3 is 2. The molecular formula is C22H31NO2.